The summed E-state index contributed by atoms with van der Waals surface area (Å²) in [4.78, 5) is 0. The van der Waals surface area contributed by atoms with Crippen LogP contribution < -0.4 is 14.8 Å². The molecule has 0 amide bonds. The summed E-state index contributed by atoms with van der Waals surface area (Å²) in [7, 11) is 3.58. The highest BCUT2D eigenvalue weighted by Gasteiger charge is 2.07. The van der Waals surface area contributed by atoms with Gasteiger partial charge < -0.3 is 14.8 Å². The van der Waals surface area contributed by atoms with Gasteiger partial charge in [0, 0.05) is 30.9 Å². The largest absolute Gasteiger partial charge is 0.497 e. The quantitative estimate of drug-likeness (QED) is 0.759. The van der Waals surface area contributed by atoms with Crippen LogP contribution in [0.15, 0.2) is 30.6 Å². The molecular weight excluding hydrogens is 266 g/mol. The zero-order valence-electron chi connectivity index (χ0n) is 12.9. The van der Waals surface area contributed by atoms with Crippen molar-refractivity contribution in [1.82, 2.24) is 15.1 Å². The highest BCUT2D eigenvalue weighted by atomic mass is 16.5. The van der Waals surface area contributed by atoms with Crippen LogP contribution in [0, 0.1) is 0 Å². The molecule has 0 unspecified atom stereocenters. The lowest BCUT2D eigenvalue weighted by Crippen LogP contribution is -2.14. The van der Waals surface area contributed by atoms with E-state index in [1.807, 2.05) is 37.6 Å². The number of nitrogens with zero attached hydrogens (tertiary/aromatic N) is 2. The number of ether oxygens (including phenoxy) is 2. The predicted molar refractivity (Wildman–Crippen MR) is 82.5 cm³/mol. The van der Waals surface area contributed by atoms with E-state index in [9.17, 15) is 0 Å². The maximum absolute atomic E-state index is 5.92. The Morgan fingerprint density at radius 2 is 2.19 bits per heavy atom. The van der Waals surface area contributed by atoms with E-state index in [0.29, 0.717) is 6.61 Å². The summed E-state index contributed by atoms with van der Waals surface area (Å²) in [5.74, 6) is 1.72. The Kier molecular flexibility index (Phi) is 5.63. The fourth-order valence-corrected chi connectivity index (χ4v) is 2.07. The normalized spacial score (nSPS) is 10.6. The van der Waals surface area contributed by atoms with Crippen LogP contribution in [0.3, 0.4) is 0 Å². The van der Waals surface area contributed by atoms with Gasteiger partial charge in [-0.05, 0) is 31.2 Å². The van der Waals surface area contributed by atoms with Gasteiger partial charge in [0.25, 0.3) is 0 Å². The van der Waals surface area contributed by atoms with Crippen LogP contribution >= 0.6 is 0 Å². The molecular formula is C16H23N3O2. The Morgan fingerprint density at radius 1 is 1.33 bits per heavy atom. The molecule has 2 rings (SSSR count). The number of hydrogen-bond donors (Lipinski definition) is 1. The van der Waals surface area contributed by atoms with Crippen LogP contribution in [0.1, 0.15) is 24.5 Å². The fourth-order valence-electron chi connectivity index (χ4n) is 2.07. The minimum atomic E-state index is 0.515. The summed E-state index contributed by atoms with van der Waals surface area (Å²) < 4.78 is 13.0. The van der Waals surface area contributed by atoms with Crippen LogP contribution in [0.4, 0.5) is 0 Å². The summed E-state index contributed by atoms with van der Waals surface area (Å²) >= 11 is 0. The van der Waals surface area contributed by atoms with E-state index in [-0.39, 0.29) is 0 Å². The molecule has 0 spiro atoms. The van der Waals surface area contributed by atoms with Gasteiger partial charge in [-0.3, -0.25) is 4.68 Å². The molecule has 0 fully saturated rings. The summed E-state index contributed by atoms with van der Waals surface area (Å²) in [5, 5.41) is 7.54. The van der Waals surface area contributed by atoms with Gasteiger partial charge in [-0.15, -0.1) is 0 Å². The number of aryl methyl sites for hydroxylation is 1. The molecule has 0 saturated carbocycles. The molecule has 0 aliphatic rings. The molecule has 1 N–H and O–H groups in total. The van der Waals surface area contributed by atoms with Crippen molar-refractivity contribution in [3.8, 4) is 11.5 Å². The van der Waals surface area contributed by atoms with Crippen molar-refractivity contribution in [1.29, 1.82) is 0 Å². The van der Waals surface area contributed by atoms with Gasteiger partial charge in [-0.25, -0.2) is 0 Å². The van der Waals surface area contributed by atoms with E-state index in [0.717, 1.165) is 42.1 Å². The van der Waals surface area contributed by atoms with Crippen molar-refractivity contribution in [2.75, 3.05) is 13.7 Å². The van der Waals surface area contributed by atoms with Gasteiger partial charge in [-0.1, -0.05) is 6.92 Å². The zero-order chi connectivity index (χ0) is 15.1. The van der Waals surface area contributed by atoms with Crippen molar-refractivity contribution in [3.05, 3.63) is 41.7 Å². The summed E-state index contributed by atoms with van der Waals surface area (Å²) in [6.07, 6.45) is 4.88. The second-order valence-corrected chi connectivity index (χ2v) is 4.96. The Hall–Kier alpha value is -2.01. The lowest BCUT2D eigenvalue weighted by atomic mass is 10.2. The SMILES string of the molecule is CCCNCc1cc(OC)ccc1OCc1cnn(C)c1. The highest BCUT2D eigenvalue weighted by molar-refractivity contribution is 5.40. The average molecular weight is 289 g/mol. The number of hydrogen-bond acceptors (Lipinski definition) is 4. The number of methoxy groups -OCH3 is 1. The van der Waals surface area contributed by atoms with Crippen LogP contribution in [0.25, 0.3) is 0 Å². The number of aromatic nitrogens is 2. The molecule has 0 aliphatic heterocycles. The van der Waals surface area contributed by atoms with E-state index in [2.05, 4.69) is 17.3 Å². The van der Waals surface area contributed by atoms with Crippen molar-refractivity contribution in [2.24, 2.45) is 7.05 Å². The lowest BCUT2D eigenvalue weighted by molar-refractivity contribution is 0.301. The molecule has 0 saturated heterocycles. The maximum Gasteiger partial charge on any atom is 0.124 e. The van der Waals surface area contributed by atoms with Gasteiger partial charge in [0.1, 0.15) is 18.1 Å². The second kappa shape index (κ2) is 7.69. The monoisotopic (exact) mass is 289 g/mol. The first-order valence-electron chi connectivity index (χ1n) is 7.21. The Balaban J connectivity index is 2.05. The topological polar surface area (TPSA) is 48.3 Å². The van der Waals surface area contributed by atoms with Crippen LogP contribution in [0.2, 0.25) is 0 Å². The second-order valence-electron chi connectivity index (χ2n) is 4.96. The summed E-state index contributed by atoms with van der Waals surface area (Å²) in [5.41, 5.74) is 2.16. The fraction of sp³-hybridized carbons (Fsp3) is 0.438. The highest BCUT2D eigenvalue weighted by Crippen LogP contribution is 2.25. The predicted octanol–water partition coefficient (Wildman–Crippen LogP) is 2.51. The van der Waals surface area contributed by atoms with Gasteiger partial charge in [0.15, 0.2) is 0 Å². The molecule has 0 radical (unpaired) electrons. The zero-order valence-corrected chi connectivity index (χ0v) is 12.9. The van der Waals surface area contributed by atoms with Gasteiger partial charge in [0.2, 0.25) is 0 Å². The van der Waals surface area contributed by atoms with Crippen molar-refractivity contribution in [2.45, 2.75) is 26.5 Å². The molecule has 21 heavy (non-hydrogen) atoms. The molecule has 0 bridgehead atoms. The first kappa shape index (κ1) is 15.4. The molecule has 114 valence electrons. The molecule has 2 aromatic rings. The smallest absolute Gasteiger partial charge is 0.124 e. The Bertz CT molecular complexity index is 566. The third-order valence-electron chi connectivity index (χ3n) is 3.16. The molecule has 1 aromatic heterocycles. The molecule has 5 nitrogen and oxygen atoms in total. The lowest BCUT2D eigenvalue weighted by Gasteiger charge is -2.13. The van der Waals surface area contributed by atoms with Crippen LogP contribution in [-0.4, -0.2) is 23.4 Å². The maximum atomic E-state index is 5.92. The first-order valence-corrected chi connectivity index (χ1v) is 7.21. The van der Waals surface area contributed by atoms with E-state index in [1.165, 1.54) is 0 Å². The van der Waals surface area contributed by atoms with Crippen LogP contribution in [-0.2, 0) is 20.2 Å². The van der Waals surface area contributed by atoms with Crippen molar-refractivity contribution in [3.63, 3.8) is 0 Å². The number of benzene rings is 1. The van der Waals surface area contributed by atoms with Crippen molar-refractivity contribution < 1.29 is 9.47 Å². The van der Waals surface area contributed by atoms with Gasteiger partial charge >= 0.3 is 0 Å². The van der Waals surface area contributed by atoms with E-state index < -0.39 is 0 Å². The Labute approximate surface area is 125 Å². The van der Waals surface area contributed by atoms with E-state index >= 15 is 0 Å². The minimum Gasteiger partial charge on any atom is -0.497 e. The number of rotatable bonds is 8. The third-order valence-corrected chi connectivity index (χ3v) is 3.16. The summed E-state index contributed by atoms with van der Waals surface area (Å²) in [6, 6.07) is 5.89. The first-order chi connectivity index (χ1) is 10.2. The van der Waals surface area contributed by atoms with Crippen molar-refractivity contribution >= 4 is 0 Å². The van der Waals surface area contributed by atoms with Gasteiger partial charge in [-0.2, -0.15) is 5.10 Å². The third kappa shape index (κ3) is 4.49. The standard InChI is InChI=1S/C16H23N3O2/c1-4-7-17-10-14-8-15(20-3)5-6-16(14)21-12-13-9-18-19(2)11-13/h5-6,8-9,11,17H,4,7,10,12H2,1-3H3. The van der Waals surface area contributed by atoms with Crippen LogP contribution in [0.5, 0.6) is 11.5 Å². The molecule has 5 heteroatoms. The minimum absolute atomic E-state index is 0.515. The van der Waals surface area contributed by atoms with Gasteiger partial charge in [0.05, 0.1) is 13.3 Å². The molecule has 1 aromatic carbocycles. The number of nitrogens with one attached hydrogen (secondary N) is 1. The summed E-state index contributed by atoms with van der Waals surface area (Å²) in [6.45, 7) is 4.42. The molecule has 1 heterocycles. The van der Waals surface area contributed by atoms with E-state index in [1.54, 1.807) is 11.8 Å². The van der Waals surface area contributed by atoms with E-state index in [4.69, 9.17) is 9.47 Å². The average Bonchev–Trinajstić information content (AvgIpc) is 2.91. The Morgan fingerprint density at radius 3 is 2.86 bits per heavy atom. The molecule has 0 atom stereocenters. The molecule has 0 aliphatic carbocycles.